The quantitative estimate of drug-likeness (QED) is 0.364. The fraction of sp³-hybridized carbons (Fsp3) is 0.259. The predicted molar refractivity (Wildman–Crippen MR) is 140 cm³/mol. The van der Waals surface area contributed by atoms with E-state index >= 15 is 0 Å². The molecule has 0 aliphatic carbocycles. The number of fused-ring (bicyclic) bond motifs is 2. The molecule has 1 aromatic heterocycles. The molecule has 3 aromatic carbocycles. The van der Waals surface area contributed by atoms with Gasteiger partial charge in [-0.2, -0.15) is 0 Å². The Morgan fingerprint density at radius 1 is 0.889 bits per heavy atom. The molecule has 0 atom stereocenters. The Morgan fingerprint density at radius 2 is 1.58 bits per heavy atom. The monoisotopic (exact) mass is 504 g/mol. The third-order valence-electron chi connectivity index (χ3n) is 6.04. The number of aryl methyl sites for hydroxylation is 1. The summed E-state index contributed by atoms with van der Waals surface area (Å²) in [6.07, 6.45) is 0. The van der Waals surface area contributed by atoms with E-state index in [-0.39, 0.29) is 22.9 Å². The van der Waals surface area contributed by atoms with Crippen molar-refractivity contribution >= 4 is 32.7 Å². The summed E-state index contributed by atoms with van der Waals surface area (Å²) in [5.41, 5.74) is 3.55. The molecule has 36 heavy (non-hydrogen) atoms. The topological polar surface area (TPSA) is 102 Å². The molecular formula is C27H28N4O4S. The van der Waals surface area contributed by atoms with E-state index in [4.69, 9.17) is 9.47 Å². The summed E-state index contributed by atoms with van der Waals surface area (Å²) in [5, 5.41) is 3.24. The number of nitrogens with one attached hydrogen (secondary N) is 2. The van der Waals surface area contributed by atoms with Gasteiger partial charge in [-0.3, -0.25) is 4.72 Å². The molecule has 0 fully saturated rings. The average Bonchev–Trinajstić information content (AvgIpc) is 3.30. The van der Waals surface area contributed by atoms with E-state index in [1.54, 1.807) is 19.1 Å². The number of ether oxygens (including phenoxy) is 2. The van der Waals surface area contributed by atoms with Crippen LogP contribution in [0.5, 0.6) is 11.5 Å². The molecule has 4 aromatic rings. The van der Waals surface area contributed by atoms with Crippen LogP contribution in [0.25, 0.3) is 11.0 Å². The predicted octanol–water partition coefficient (Wildman–Crippen LogP) is 5.38. The molecule has 0 unspecified atom stereocenters. The van der Waals surface area contributed by atoms with Crippen molar-refractivity contribution < 1.29 is 17.9 Å². The summed E-state index contributed by atoms with van der Waals surface area (Å²) >= 11 is 0. The molecular weight excluding hydrogens is 476 g/mol. The zero-order valence-electron chi connectivity index (χ0n) is 20.6. The Balaban J connectivity index is 1.50. The van der Waals surface area contributed by atoms with Gasteiger partial charge in [0.2, 0.25) is 6.79 Å². The van der Waals surface area contributed by atoms with Gasteiger partial charge in [-0.05, 0) is 59.4 Å². The van der Waals surface area contributed by atoms with Gasteiger partial charge >= 0.3 is 0 Å². The molecule has 2 heterocycles. The lowest BCUT2D eigenvalue weighted by Gasteiger charge is -2.21. The molecule has 8 nitrogen and oxygen atoms in total. The largest absolute Gasteiger partial charge is 0.454 e. The van der Waals surface area contributed by atoms with Crippen LogP contribution in [0.3, 0.4) is 0 Å². The lowest BCUT2D eigenvalue weighted by molar-refractivity contribution is 0.174. The molecule has 5 rings (SSSR count). The standard InChI is InChI=1S/C27H28N4O4S/c1-17-9-11-19(27(2,3)4)14-24(17)36(32,33)31-26-25(29-20-7-5-6-8-21(20)30-26)28-15-18-10-12-22-23(13-18)35-16-34-22/h5-14H,15-16H2,1-4H3,(H,28,29)(H,30,31). The average molecular weight is 505 g/mol. The van der Waals surface area contributed by atoms with Crippen molar-refractivity contribution in [2.24, 2.45) is 0 Å². The van der Waals surface area contributed by atoms with Gasteiger partial charge in [-0.1, -0.05) is 51.1 Å². The van der Waals surface area contributed by atoms with Crippen molar-refractivity contribution in [1.29, 1.82) is 0 Å². The Morgan fingerprint density at radius 3 is 2.31 bits per heavy atom. The molecule has 0 saturated heterocycles. The third kappa shape index (κ3) is 4.79. The fourth-order valence-electron chi connectivity index (χ4n) is 3.97. The second-order valence-electron chi connectivity index (χ2n) is 9.79. The van der Waals surface area contributed by atoms with Crippen LogP contribution in [0.4, 0.5) is 11.6 Å². The van der Waals surface area contributed by atoms with Crippen LogP contribution in [-0.4, -0.2) is 25.2 Å². The number of nitrogens with zero attached hydrogens (tertiary/aromatic N) is 2. The summed E-state index contributed by atoms with van der Waals surface area (Å²) < 4.78 is 40.6. The molecule has 186 valence electrons. The van der Waals surface area contributed by atoms with Gasteiger partial charge < -0.3 is 14.8 Å². The van der Waals surface area contributed by atoms with E-state index in [1.807, 2.05) is 48.5 Å². The fourth-order valence-corrected chi connectivity index (χ4v) is 5.25. The van der Waals surface area contributed by atoms with Crippen molar-refractivity contribution in [3.05, 3.63) is 77.4 Å². The van der Waals surface area contributed by atoms with Crippen molar-refractivity contribution in [2.75, 3.05) is 16.8 Å². The SMILES string of the molecule is Cc1ccc(C(C)(C)C)cc1S(=O)(=O)Nc1nc2ccccc2nc1NCc1ccc2c(c1)OCO2. The van der Waals surface area contributed by atoms with Gasteiger partial charge in [0, 0.05) is 6.54 Å². The van der Waals surface area contributed by atoms with Crippen LogP contribution in [-0.2, 0) is 22.0 Å². The summed E-state index contributed by atoms with van der Waals surface area (Å²) in [6.45, 7) is 8.52. The molecule has 2 N–H and O–H groups in total. The molecule has 0 radical (unpaired) electrons. The molecule has 1 aliphatic rings. The first-order valence-corrected chi connectivity index (χ1v) is 13.1. The highest BCUT2D eigenvalue weighted by Crippen LogP contribution is 2.33. The molecule has 0 amide bonds. The second-order valence-corrected chi connectivity index (χ2v) is 11.4. The van der Waals surface area contributed by atoms with Gasteiger partial charge in [0.25, 0.3) is 10.0 Å². The molecule has 0 spiro atoms. The Hall–Kier alpha value is -3.85. The zero-order chi connectivity index (χ0) is 25.5. The first kappa shape index (κ1) is 23.9. The minimum absolute atomic E-state index is 0.134. The Bertz CT molecular complexity index is 1560. The number of rotatable bonds is 6. The van der Waals surface area contributed by atoms with E-state index in [1.165, 1.54) is 0 Å². The Kier molecular flexibility index (Phi) is 5.96. The molecule has 0 saturated carbocycles. The highest BCUT2D eigenvalue weighted by molar-refractivity contribution is 7.92. The maximum atomic E-state index is 13.6. The van der Waals surface area contributed by atoms with Gasteiger partial charge in [0.1, 0.15) is 0 Å². The normalized spacial score (nSPS) is 13.1. The minimum atomic E-state index is -3.94. The Labute approximate surface area is 210 Å². The van der Waals surface area contributed by atoms with Gasteiger partial charge in [-0.15, -0.1) is 0 Å². The number of anilines is 2. The second kappa shape index (κ2) is 8.98. The summed E-state index contributed by atoms with van der Waals surface area (Å²) in [6, 6.07) is 18.5. The van der Waals surface area contributed by atoms with Crippen LogP contribution in [0.15, 0.2) is 65.6 Å². The van der Waals surface area contributed by atoms with Crippen molar-refractivity contribution in [1.82, 2.24) is 9.97 Å². The summed E-state index contributed by atoms with van der Waals surface area (Å²) in [4.78, 5) is 9.47. The van der Waals surface area contributed by atoms with Crippen LogP contribution >= 0.6 is 0 Å². The van der Waals surface area contributed by atoms with E-state index in [0.29, 0.717) is 40.5 Å². The summed E-state index contributed by atoms with van der Waals surface area (Å²) in [7, 11) is -3.94. The van der Waals surface area contributed by atoms with Crippen molar-refractivity contribution in [3.63, 3.8) is 0 Å². The lowest BCUT2D eigenvalue weighted by Crippen LogP contribution is -2.19. The van der Waals surface area contributed by atoms with Crippen LogP contribution < -0.4 is 19.5 Å². The smallest absolute Gasteiger partial charge is 0.263 e. The number of hydrogen-bond donors (Lipinski definition) is 2. The maximum Gasteiger partial charge on any atom is 0.263 e. The minimum Gasteiger partial charge on any atom is -0.454 e. The number of aromatic nitrogens is 2. The van der Waals surface area contributed by atoms with Crippen molar-refractivity contribution in [2.45, 2.75) is 44.6 Å². The maximum absolute atomic E-state index is 13.6. The van der Waals surface area contributed by atoms with Gasteiger partial charge in [-0.25, -0.2) is 18.4 Å². The van der Waals surface area contributed by atoms with E-state index < -0.39 is 10.0 Å². The van der Waals surface area contributed by atoms with Crippen molar-refractivity contribution in [3.8, 4) is 11.5 Å². The van der Waals surface area contributed by atoms with Crippen LogP contribution in [0, 0.1) is 6.92 Å². The van der Waals surface area contributed by atoms with E-state index in [2.05, 4.69) is 40.8 Å². The van der Waals surface area contributed by atoms with Gasteiger partial charge in [0.15, 0.2) is 23.1 Å². The number of benzene rings is 3. The van der Waals surface area contributed by atoms with Gasteiger partial charge in [0.05, 0.1) is 15.9 Å². The first-order valence-electron chi connectivity index (χ1n) is 11.6. The molecule has 1 aliphatic heterocycles. The first-order chi connectivity index (χ1) is 17.1. The number of hydrogen-bond acceptors (Lipinski definition) is 7. The number of para-hydroxylation sites is 2. The highest BCUT2D eigenvalue weighted by Gasteiger charge is 2.24. The van der Waals surface area contributed by atoms with Crippen LogP contribution in [0.1, 0.15) is 37.5 Å². The van der Waals surface area contributed by atoms with E-state index in [9.17, 15) is 8.42 Å². The molecule has 9 heteroatoms. The summed E-state index contributed by atoms with van der Waals surface area (Å²) in [5.74, 6) is 1.84. The molecule has 0 bridgehead atoms. The zero-order valence-corrected chi connectivity index (χ0v) is 21.4. The number of sulfonamides is 1. The highest BCUT2D eigenvalue weighted by atomic mass is 32.2. The van der Waals surface area contributed by atoms with E-state index in [0.717, 1.165) is 11.1 Å². The third-order valence-corrected chi connectivity index (χ3v) is 7.52. The van der Waals surface area contributed by atoms with Crippen LogP contribution in [0.2, 0.25) is 0 Å². The lowest BCUT2D eigenvalue weighted by atomic mass is 9.87.